The number of carbonyl (C=O) groups excluding carboxylic acids is 1. The van der Waals surface area contributed by atoms with Gasteiger partial charge in [0.05, 0.1) is 10.6 Å². The summed E-state index contributed by atoms with van der Waals surface area (Å²) in [6.07, 6.45) is 1.15. The molecule has 8 heteroatoms. The molecule has 1 aromatic heterocycles. The quantitative estimate of drug-likeness (QED) is 0.782. The lowest BCUT2D eigenvalue weighted by atomic mass is 9.75. The standard InChI is InChI=1S/C19H23N3O4S/c1-11-5-7-13(8-6-11)27(24,25)22-21-14-9-19(3,4)10-15-16(14)12(2)17(26-15)18(20)23/h5-8,22H,9-10H2,1-4H3,(H2,20,23)/b21-14+. The molecule has 0 saturated carbocycles. The first kappa shape index (κ1) is 19.2. The Morgan fingerprint density at radius 3 is 2.41 bits per heavy atom. The van der Waals surface area contributed by atoms with Crippen LogP contribution in [-0.4, -0.2) is 20.0 Å². The van der Waals surface area contributed by atoms with Gasteiger partial charge in [0.25, 0.3) is 15.9 Å². The normalized spacial score (nSPS) is 17.6. The Kier molecular flexibility index (Phi) is 4.63. The van der Waals surface area contributed by atoms with Crippen LogP contribution >= 0.6 is 0 Å². The SMILES string of the molecule is Cc1ccc(S(=O)(=O)N/N=C2\CC(C)(C)Cc3oc(C(N)=O)c(C)c32)cc1. The van der Waals surface area contributed by atoms with E-state index in [-0.39, 0.29) is 16.1 Å². The number of aryl methyl sites for hydroxylation is 1. The number of hydrogen-bond acceptors (Lipinski definition) is 5. The van der Waals surface area contributed by atoms with Crippen LogP contribution < -0.4 is 10.6 Å². The van der Waals surface area contributed by atoms with Crippen LogP contribution in [0.1, 0.15) is 53.3 Å². The zero-order valence-electron chi connectivity index (χ0n) is 15.8. The minimum Gasteiger partial charge on any atom is -0.455 e. The molecule has 144 valence electrons. The summed E-state index contributed by atoms with van der Waals surface area (Å²) in [4.78, 5) is 14.1. The number of furan rings is 1. The van der Waals surface area contributed by atoms with Gasteiger partial charge in [-0.05, 0) is 37.8 Å². The summed E-state index contributed by atoms with van der Waals surface area (Å²) in [5, 5.41) is 4.19. The van der Waals surface area contributed by atoms with Gasteiger partial charge >= 0.3 is 0 Å². The summed E-state index contributed by atoms with van der Waals surface area (Å²) >= 11 is 0. The first-order chi connectivity index (χ1) is 12.5. The fraction of sp³-hybridized carbons (Fsp3) is 0.368. The predicted octanol–water partition coefficient (Wildman–Crippen LogP) is 2.65. The van der Waals surface area contributed by atoms with Crippen molar-refractivity contribution in [3.63, 3.8) is 0 Å². The maximum Gasteiger partial charge on any atom is 0.284 e. The summed E-state index contributed by atoms with van der Waals surface area (Å²) in [5.74, 6) is 0.0388. The van der Waals surface area contributed by atoms with E-state index in [0.717, 1.165) is 5.56 Å². The van der Waals surface area contributed by atoms with Gasteiger partial charge < -0.3 is 10.2 Å². The fourth-order valence-corrected chi connectivity index (χ4v) is 4.16. The molecule has 0 bridgehead atoms. The lowest BCUT2D eigenvalue weighted by Crippen LogP contribution is -2.29. The maximum absolute atomic E-state index is 12.5. The highest BCUT2D eigenvalue weighted by Gasteiger charge is 2.36. The van der Waals surface area contributed by atoms with Crippen molar-refractivity contribution >= 4 is 21.6 Å². The van der Waals surface area contributed by atoms with E-state index in [9.17, 15) is 13.2 Å². The molecule has 0 saturated heterocycles. The molecule has 0 spiro atoms. The average Bonchev–Trinajstić information content (AvgIpc) is 2.88. The Hall–Kier alpha value is -2.61. The molecule has 1 aromatic carbocycles. The maximum atomic E-state index is 12.5. The van der Waals surface area contributed by atoms with Crippen LogP contribution in [0.5, 0.6) is 0 Å². The van der Waals surface area contributed by atoms with Gasteiger partial charge in [-0.15, -0.1) is 0 Å². The highest BCUT2D eigenvalue weighted by atomic mass is 32.2. The summed E-state index contributed by atoms with van der Waals surface area (Å²) in [6, 6.07) is 6.51. The van der Waals surface area contributed by atoms with Gasteiger partial charge in [-0.25, -0.2) is 0 Å². The molecule has 3 rings (SSSR count). The second-order valence-electron chi connectivity index (χ2n) is 7.70. The number of amides is 1. The Bertz CT molecular complexity index is 1030. The van der Waals surface area contributed by atoms with E-state index in [1.54, 1.807) is 19.1 Å². The summed E-state index contributed by atoms with van der Waals surface area (Å²) < 4.78 is 30.7. The number of sulfonamides is 1. The van der Waals surface area contributed by atoms with Crippen molar-refractivity contribution in [1.82, 2.24) is 4.83 Å². The van der Waals surface area contributed by atoms with Crippen molar-refractivity contribution in [2.75, 3.05) is 0 Å². The van der Waals surface area contributed by atoms with Gasteiger partial charge in [-0.2, -0.15) is 18.4 Å². The Morgan fingerprint density at radius 1 is 1.19 bits per heavy atom. The Labute approximate surface area is 158 Å². The molecule has 2 aromatic rings. The topological polar surface area (TPSA) is 115 Å². The van der Waals surface area contributed by atoms with E-state index in [2.05, 4.69) is 9.93 Å². The summed E-state index contributed by atoms with van der Waals surface area (Å²) in [6.45, 7) is 7.67. The third-order valence-electron chi connectivity index (χ3n) is 4.65. The molecule has 7 nitrogen and oxygen atoms in total. The van der Waals surface area contributed by atoms with Crippen LogP contribution in [0.15, 0.2) is 38.7 Å². The van der Waals surface area contributed by atoms with E-state index >= 15 is 0 Å². The Balaban J connectivity index is 2.01. The fourth-order valence-electron chi connectivity index (χ4n) is 3.33. The number of nitrogens with one attached hydrogen (secondary N) is 1. The second kappa shape index (κ2) is 6.53. The third kappa shape index (κ3) is 3.75. The van der Waals surface area contributed by atoms with E-state index in [4.69, 9.17) is 10.2 Å². The van der Waals surface area contributed by atoms with Crippen LogP contribution in [0.3, 0.4) is 0 Å². The van der Waals surface area contributed by atoms with Crippen molar-refractivity contribution in [3.05, 3.63) is 52.5 Å². The largest absolute Gasteiger partial charge is 0.455 e. The highest BCUT2D eigenvalue weighted by molar-refractivity contribution is 7.89. The number of fused-ring (bicyclic) bond motifs is 1. The molecule has 0 fully saturated rings. The number of carbonyl (C=O) groups is 1. The van der Waals surface area contributed by atoms with E-state index in [1.165, 1.54) is 12.1 Å². The zero-order chi connectivity index (χ0) is 20.0. The molecule has 1 aliphatic rings. The second-order valence-corrected chi connectivity index (χ2v) is 9.36. The third-order valence-corrected chi connectivity index (χ3v) is 5.87. The van der Waals surface area contributed by atoms with Crippen LogP contribution in [0, 0.1) is 19.3 Å². The van der Waals surface area contributed by atoms with Crippen molar-refractivity contribution in [2.45, 2.75) is 45.4 Å². The molecular weight excluding hydrogens is 366 g/mol. The van der Waals surface area contributed by atoms with Crippen LogP contribution in [0.2, 0.25) is 0 Å². The minimum absolute atomic E-state index is 0.0896. The molecule has 0 unspecified atom stereocenters. The Morgan fingerprint density at radius 2 is 1.81 bits per heavy atom. The monoisotopic (exact) mass is 389 g/mol. The summed E-state index contributed by atoms with van der Waals surface area (Å²) in [7, 11) is -3.80. The number of nitrogens with two attached hydrogens (primary N) is 1. The number of nitrogens with zero attached hydrogens (tertiary/aromatic N) is 1. The molecule has 27 heavy (non-hydrogen) atoms. The molecule has 1 aliphatic carbocycles. The first-order valence-electron chi connectivity index (χ1n) is 8.58. The van der Waals surface area contributed by atoms with E-state index in [1.807, 2.05) is 20.8 Å². The number of hydrogen-bond donors (Lipinski definition) is 2. The van der Waals surface area contributed by atoms with Gasteiger partial charge in [0.15, 0.2) is 5.76 Å². The molecule has 1 amide bonds. The van der Waals surface area contributed by atoms with Crippen molar-refractivity contribution in [1.29, 1.82) is 0 Å². The minimum atomic E-state index is -3.80. The lowest BCUT2D eigenvalue weighted by Gasteiger charge is -2.29. The van der Waals surface area contributed by atoms with Crippen LogP contribution in [0.25, 0.3) is 0 Å². The van der Waals surface area contributed by atoms with Gasteiger partial charge in [0.1, 0.15) is 5.76 Å². The molecular formula is C19H23N3O4S. The number of rotatable bonds is 4. The summed E-state index contributed by atoms with van der Waals surface area (Å²) in [5.41, 5.74) is 7.94. The van der Waals surface area contributed by atoms with Crippen molar-refractivity contribution in [2.24, 2.45) is 16.3 Å². The van der Waals surface area contributed by atoms with E-state index in [0.29, 0.717) is 35.4 Å². The molecule has 0 aliphatic heterocycles. The number of benzene rings is 1. The number of hydrazone groups is 1. The lowest BCUT2D eigenvalue weighted by molar-refractivity contribution is 0.0970. The molecule has 3 N–H and O–H groups in total. The smallest absolute Gasteiger partial charge is 0.284 e. The van der Waals surface area contributed by atoms with Crippen molar-refractivity contribution in [3.8, 4) is 0 Å². The molecule has 0 radical (unpaired) electrons. The van der Waals surface area contributed by atoms with Crippen LogP contribution in [0.4, 0.5) is 0 Å². The zero-order valence-corrected chi connectivity index (χ0v) is 16.6. The van der Waals surface area contributed by atoms with Gasteiger partial charge in [-0.1, -0.05) is 31.5 Å². The van der Waals surface area contributed by atoms with Gasteiger partial charge in [-0.3, -0.25) is 4.79 Å². The molecule has 1 heterocycles. The van der Waals surface area contributed by atoms with Gasteiger partial charge in [0, 0.05) is 17.5 Å². The average molecular weight is 389 g/mol. The first-order valence-corrected chi connectivity index (χ1v) is 10.1. The van der Waals surface area contributed by atoms with Crippen LogP contribution in [-0.2, 0) is 16.4 Å². The van der Waals surface area contributed by atoms with Gasteiger partial charge in [0.2, 0.25) is 0 Å². The molecule has 0 atom stereocenters. The predicted molar refractivity (Wildman–Crippen MR) is 102 cm³/mol. The van der Waals surface area contributed by atoms with E-state index < -0.39 is 15.9 Å². The number of primary amides is 1. The van der Waals surface area contributed by atoms with Crippen molar-refractivity contribution < 1.29 is 17.6 Å². The highest BCUT2D eigenvalue weighted by Crippen LogP contribution is 2.38.